The zero-order valence-electron chi connectivity index (χ0n) is 17.9. The summed E-state index contributed by atoms with van der Waals surface area (Å²) in [4.78, 5) is 39.0. The van der Waals surface area contributed by atoms with E-state index in [1.54, 1.807) is 12.1 Å². The van der Waals surface area contributed by atoms with Gasteiger partial charge in [-0.2, -0.15) is 0 Å². The van der Waals surface area contributed by atoms with Crippen molar-refractivity contribution in [3.05, 3.63) is 98.3 Å². The van der Waals surface area contributed by atoms with Crippen molar-refractivity contribution in [2.24, 2.45) is 0 Å². The SMILES string of the molecule is COc1ccc(C(=O)Nc2nc(-c3ccc(F)cc3)c(-c3ccc([N+](=O)[O-])cc3)s2)cc1[N+](=O)[O-]. The van der Waals surface area contributed by atoms with Crippen LogP contribution in [-0.4, -0.2) is 27.8 Å². The van der Waals surface area contributed by atoms with Crippen LogP contribution in [0.2, 0.25) is 0 Å². The van der Waals surface area contributed by atoms with Gasteiger partial charge in [0.15, 0.2) is 10.9 Å². The van der Waals surface area contributed by atoms with E-state index in [4.69, 9.17) is 4.74 Å². The van der Waals surface area contributed by atoms with E-state index in [9.17, 15) is 29.4 Å². The third kappa shape index (κ3) is 4.96. The number of halogens is 1. The van der Waals surface area contributed by atoms with E-state index in [2.05, 4.69) is 10.3 Å². The first-order valence-electron chi connectivity index (χ1n) is 9.92. The average Bonchev–Trinajstić information content (AvgIpc) is 3.27. The number of aromatic nitrogens is 1. The quantitative estimate of drug-likeness (QED) is 0.257. The molecule has 10 nitrogen and oxygen atoms in total. The molecule has 0 saturated heterocycles. The third-order valence-electron chi connectivity index (χ3n) is 4.94. The lowest BCUT2D eigenvalue weighted by atomic mass is 10.1. The number of nitro benzene ring substituents is 2. The summed E-state index contributed by atoms with van der Waals surface area (Å²) in [7, 11) is 1.29. The van der Waals surface area contributed by atoms with Gasteiger partial charge in [0.05, 0.1) is 27.5 Å². The number of nitrogens with zero attached hydrogens (tertiary/aromatic N) is 3. The summed E-state index contributed by atoms with van der Waals surface area (Å²) < 4.78 is 18.4. The number of non-ortho nitro benzene ring substituents is 1. The van der Waals surface area contributed by atoms with Crippen molar-refractivity contribution in [3.63, 3.8) is 0 Å². The van der Waals surface area contributed by atoms with E-state index in [-0.39, 0.29) is 27.8 Å². The summed E-state index contributed by atoms with van der Waals surface area (Å²) in [6.07, 6.45) is 0. The Hall–Kier alpha value is -4.71. The Balaban J connectivity index is 1.72. The molecular formula is C23H15FN4O6S. The Morgan fingerprint density at radius 3 is 2.23 bits per heavy atom. The largest absolute Gasteiger partial charge is 0.490 e. The molecule has 0 radical (unpaired) electrons. The van der Waals surface area contributed by atoms with Crippen molar-refractivity contribution >= 4 is 33.8 Å². The molecule has 4 aromatic rings. The normalized spacial score (nSPS) is 10.6. The zero-order valence-corrected chi connectivity index (χ0v) is 18.7. The summed E-state index contributed by atoms with van der Waals surface area (Å²) in [5.74, 6) is -1.05. The lowest BCUT2D eigenvalue weighted by Crippen LogP contribution is -2.12. The molecule has 0 unspecified atom stereocenters. The van der Waals surface area contributed by atoms with Gasteiger partial charge in [0.2, 0.25) is 0 Å². The molecule has 1 N–H and O–H groups in total. The highest BCUT2D eigenvalue weighted by molar-refractivity contribution is 7.19. The number of methoxy groups -OCH3 is 1. The van der Waals surface area contributed by atoms with E-state index >= 15 is 0 Å². The minimum atomic E-state index is -0.654. The average molecular weight is 494 g/mol. The summed E-state index contributed by atoms with van der Waals surface area (Å²) in [6.45, 7) is 0. The van der Waals surface area contributed by atoms with Gasteiger partial charge in [-0.3, -0.25) is 30.3 Å². The van der Waals surface area contributed by atoms with Crippen LogP contribution >= 0.6 is 11.3 Å². The number of thiazole rings is 1. The number of amides is 1. The fourth-order valence-electron chi connectivity index (χ4n) is 3.25. The maximum Gasteiger partial charge on any atom is 0.311 e. The van der Waals surface area contributed by atoms with Gasteiger partial charge in [-0.25, -0.2) is 9.37 Å². The number of hydrogen-bond donors (Lipinski definition) is 1. The molecule has 1 aromatic heterocycles. The van der Waals surface area contributed by atoms with Crippen LogP contribution in [0.15, 0.2) is 66.7 Å². The minimum absolute atomic E-state index is 0.0138. The second kappa shape index (κ2) is 9.65. The van der Waals surface area contributed by atoms with Crippen molar-refractivity contribution in [2.45, 2.75) is 0 Å². The van der Waals surface area contributed by atoms with Crippen LogP contribution in [0.3, 0.4) is 0 Å². The molecule has 3 aromatic carbocycles. The summed E-state index contributed by atoms with van der Waals surface area (Å²) in [5, 5.41) is 25.1. The molecule has 0 saturated carbocycles. The van der Waals surface area contributed by atoms with Crippen molar-refractivity contribution < 1.29 is 23.8 Å². The maximum absolute atomic E-state index is 13.5. The van der Waals surface area contributed by atoms with Crippen LogP contribution in [0.25, 0.3) is 21.7 Å². The van der Waals surface area contributed by atoms with Crippen LogP contribution in [0.5, 0.6) is 5.75 Å². The number of ether oxygens (including phenoxy) is 1. The second-order valence-electron chi connectivity index (χ2n) is 7.11. The Morgan fingerprint density at radius 1 is 0.971 bits per heavy atom. The summed E-state index contributed by atoms with van der Waals surface area (Å²) >= 11 is 1.10. The number of hydrogen-bond acceptors (Lipinski definition) is 8. The number of rotatable bonds is 7. The van der Waals surface area contributed by atoms with Crippen molar-refractivity contribution in [3.8, 4) is 27.4 Å². The predicted molar refractivity (Wildman–Crippen MR) is 127 cm³/mol. The number of benzene rings is 3. The molecule has 0 aliphatic carbocycles. The minimum Gasteiger partial charge on any atom is -0.490 e. The molecule has 1 heterocycles. The topological polar surface area (TPSA) is 138 Å². The molecule has 0 fully saturated rings. The highest BCUT2D eigenvalue weighted by atomic mass is 32.1. The fraction of sp³-hybridized carbons (Fsp3) is 0.0435. The molecule has 4 rings (SSSR count). The number of anilines is 1. The number of nitrogens with one attached hydrogen (secondary N) is 1. The third-order valence-corrected chi connectivity index (χ3v) is 5.96. The van der Waals surface area contributed by atoms with Gasteiger partial charge in [-0.15, -0.1) is 0 Å². The molecule has 0 aliphatic heterocycles. The van der Waals surface area contributed by atoms with Crippen molar-refractivity contribution in [2.75, 3.05) is 12.4 Å². The maximum atomic E-state index is 13.5. The van der Waals surface area contributed by atoms with E-state index in [0.717, 1.165) is 17.4 Å². The van der Waals surface area contributed by atoms with Gasteiger partial charge in [0.1, 0.15) is 5.82 Å². The number of carbonyl (C=O) groups excluding carboxylic acids is 1. The molecule has 0 spiro atoms. The monoisotopic (exact) mass is 494 g/mol. The van der Waals surface area contributed by atoms with E-state index in [0.29, 0.717) is 21.7 Å². The van der Waals surface area contributed by atoms with Gasteiger partial charge in [-0.05, 0) is 54.1 Å². The Kier molecular flexibility index (Phi) is 6.46. The van der Waals surface area contributed by atoms with E-state index in [1.807, 2.05) is 0 Å². The lowest BCUT2D eigenvalue weighted by molar-refractivity contribution is -0.385. The van der Waals surface area contributed by atoms with Crippen LogP contribution < -0.4 is 10.1 Å². The molecule has 1 amide bonds. The molecule has 0 aliphatic rings. The first-order chi connectivity index (χ1) is 16.8. The molecule has 12 heteroatoms. The molecular weight excluding hydrogens is 479 g/mol. The summed E-state index contributed by atoms with van der Waals surface area (Å²) in [5.41, 5.74) is 1.17. The van der Waals surface area contributed by atoms with Crippen molar-refractivity contribution in [1.29, 1.82) is 0 Å². The van der Waals surface area contributed by atoms with E-state index in [1.165, 1.54) is 55.6 Å². The van der Waals surface area contributed by atoms with Gasteiger partial charge in [0, 0.05) is 29.3 Å². The molecule has 176 valence electrons. The highest BCUT2D eigenvalue weighted by Crippen LogP contribution is 2.40. The predicted octanol–water partition coefficient (Wildman–Crippen LogP) is 5.69. The standard InChI is InChI=1S/C23H15FN4O6S/c1-34-19-11-6-15(12-18(19)28(32)33)22(29)26-23-25-20(13-2-7-16(24)8-3-13)21(35-23)14-4-9-17(10-5-14)27(30)31/h2-12H,1H3,(H,25,26,29). The van der Waals surface area contributed by atoms with E-state index < -0.39 is 21.6 Å². The smallest absolute Gasteiger partial charge is 0.311 e. The second-order valence-corrected chi connectivity index (χ2v) is 8.10. The van der Waals surface area contributed by atoms with Crippen LogP contribution in [0.1, 0.15) is 10.4 Å². The first-order valence-corrected chi connectivity index (χ1v) is 10.7. The number of carbonyl (C=O) groups is 1. The van der Waals surface area contributed by atoms with Gasteiger partial charge in [0.25, 0.3) is 11.6 Å². The first kappa shape index (κ1) is 23.4. The van der Waals surface area contributed by atoms with Crippen LogP contribution in [0.4, 0.5) is 20.9 Å². The Morgan fingerprint density at radius 2 is 1.63 bits per heavy atom. The summed E-state index contributed by atoms with van der Waals surface area (Å²) in [6, 6.07) is 15.2. The molecule has 35 heavy (non-hydrogen) atoms. The Labute approximate surface area is 200 Å². The van der Waals surface area contributed by atoms with Gasteiger partial charge < -0.3 is 4.74 Å². The van der Waals surface area contributed by atoms with Crippen molar-refractivity contribution in [1.82, 2.24) is 4.98 Å². The molecule has 0 atom stereocenters. The molecule has 0 bridgehead atoms. The lowest BCUT2D eigenvalue weighted by Gasteiger charge is -2.05. The zero-order chi connectivity index (χ0) is 25.1. The van der Waals surface area contributed by atoms with Crippen LogP contribution in [-0.2, 0) is 0 Å². The van der Waals surface area contributed by atoms with Gasteiger partial charge >= 0.3 is 5.69 Å². The highest BCUT2D eigenvalue weighted by Gasteiger charge is 2.21. The number of nitro groups is 2. The fourth-order valence-corrected chi connectivity index (χ4v) is 4.24. The Bertz CT molecular complexity index is 1440. The van der Waals surface area contributed by atoms with Crippen LogP contribution in [0, 0.1) is 26.0 Å². The van der Waals surface area contributed by atoms with Gasteiger partial charge in [-0.1, -0.05) is 11.3 Å².